The Labute approximate surface area is 63.8 Å². The van der Waals surface area contributed by atoms with Crippen molar-refractivity contribution in [2.75, 3.05) is 0 Å². The lowest BCUT2D eigenvalue weighted by Crippen LogP contribution is -2.16. The second-order valence-electron chi connectivity index (χ2n) is 3.70. The third-order valence-electron chi connectivity index (χ3n) is 1.98. The van der Waals surface area contributed by atoms with Gasteiger partial charge >= 0.3 is 0 Å². The zero-order valence-electron chi connectivity index (χ0n) is 7.58. The van der Waals surface area contributed by atoms with Gasteiger partial charge in [0.05, 0.1) is 0 Å². The normalized spacial score (nSPS) is 17.4. The summed E-state index contributed by atoms with van der Waals surface area (Å²) >= 11 is 0. The molecule has 0 saturated heterocycles. The SMILES string of the molecule is CC[C@](C)([18F])CCC(C)C. The van der Waals surface area contributed by atoms with E-state index in [1.807, 2.05) is 6.92 Å². The van der Waals surface area contributed by atoms with Crippen LogP contribution in [-0.4, -0.2) is 5.67 Å². The standard InChI is InChI=1S/C9H19F/c1-5-9(4,10)7-6-8(2)3/h8H,5-7H2,1-4H3/t9-/m0/s1/i10-1. The summed E-state index contributed by atoms with van der Waals surface area (Å²) in [6, 6.07) is 0. The van der Waals surface area contributed by atoms with E-state index in [1.54, 1.807) is 6.92 Å². The molecule has 0 unspecified atom stereocenters. The maximum absolute atomic E-state index is 13.2. The minimum Gasteiger partial charge on any atom is -0.244 e. The van der Waals surface area contributed by atoms with Crippen molar-refractivity contribution in [3.63, 3.8) is 0 Å². The van der Waals surface area contributed by atoms with Crippen molar-refractivity contribution in [2.24, 2.45) is 5.92 Å². The van der Waals surface area contributed by atoms with Crippen molar-refractivity contribution in [1.82, 2.24) is 0 Å². The second kappa shape index (κ2) is 3.95. The molecular formula is C9H19F. The van der Waals surface area contributed by atoms with E-state index in [9.17, 15) is 4.39 Å². The van der Waals surface area contributed by atoms with E-state index < -0.39 is 5.67 Å². The summed E-state index contributed by atoms with van der Waals surface area (Å²) in [6.45, 7) is 7.85. The predicted octanol–water partition coefficient (Wildman–Crippen LogP) is 3.56. The summed E-state index contributed by atoms with van der Waals surface area (Å²) in [5.74, 6) is 0.627. The minimum atomic E-state index is -0.926. The van der Waals surface area contributed by atoms with Crippen LogP contribution in [0, 0.1) is 5.92 Å². The minimum absolute atomic E-state index is 0.627. The van der Waals surface area contributed by atoms with Gasteiger partial charge in [0.25, 0.3) is 0 Å². The Hall–Kier alpha value is -0.0700. The van der Waals surface area contributed by atoms with Crippen LogP contribution in [0.15, 0.2) is 0 Å². The maximum Gasteiger partial charge on any atom is 0.108 e. The number of hydrogen-bond acceptors (Lipinski definition) is 0. The summed E-state index contributed by atoms with van der Waals surface area (Å²) in [5.41, 5.74) is -0.926. The second-order valence-corrected chi connectivity index (χ2v) is 3.70. The zero-order chi connectivity index (χ0) is 8.20. The van der Waals surface area contributed by atoms with E-state index >= 15 is 0 Å². The van der Waals surface area contributed by atoms with Gasteiger partial charge in [-0.1, -0.05) is 20.8 Å². The van der Waals surface area contributed by atoms with Crippen LogP contribution in [-0.2, 0) is 0 Å². The molecule has 0 aromatic carbocycles. The van der Waals surface area contributed by atoms with Gasteiger partial charge in [0, 0.05) is 0 Å². The van der Waals surface area contributed by atoms with E-state index in [-0.39, 0.29) is 0 Å². The molecule has 10 heavy (non-hydrogen) atoms. The fraction of sp³-hybridized carbons (Fsp3) is 1.00. The number of rotatable bonds is 4. The van der Waals surface area contributed by atoms with Crippen molar-refractivity contribution in [2.45, 2.75) is 52.6 Å². The van der Waals surface area contributed by atoms with Gasteiger partial charge in [-0.15, -0.1) is 0 Å². The summed E-state index contributed by atoms with van der Waals surface area (Å²) in [5, 5.41) is 0. The Kier molecular flexibility index (Phi) is 3.92. The highest BCUT2D eigenvalue weighted by atomic mass is 18.2. The number of halogens is 1. The fourth-order valence-corrected chi connectivity index (χ4v) is 0.766. The first-order chi connectivity index (χ1) is 4.48. The van der Waals surface area contributed by atoms with Crippen LogP contribution in [0.1, 0.15) is 47.0 Å². The van der Waals surface area contributed by atoms with Crippen molar-refractivity contribution in [1.29, 1.82) is 0 Å². The molecule has 0 aromatic heterocycles. The van der Waals surface area contributed by atoms with Gasteiger partial charge in [-0.2, -0.15) is 0 Å². The maximum atomic E-state index is 13.2. The van der Waals surface area contributed by atoms with Crippen LogP contribution in [0.5, 0.6) is 0 Å². The molecule has 0 spiro atoms. The molecule has 0 aliphatic carbocycles. The fourth-order valence-electron chi connectivity index (χ4n) is 0.766. The summed E-state index contributed by atoms with van der Waals surface area (Å²) in [4.78, 5) is 0. The lowest BCUT2D eigenvalue weighted by atomic mass is 9.94. The molecule has 0 aliphatic rings. The third-order valence-corrected chi connectivity index (χ3v) is 1.98. The molecule has 1 heteroatoms. The molecule has 0 bridgehead atoms. The van der Waals surface area contributed by atoms with Gasteiger partial charge in [0.15, 0.2) is 0 Å². The van der Waals surface area contributed by atoms with Crippen LogP contribution in [0.4, 0.5) is 4.39 Å². The van der Waals surface area contributed by atoms with Gasteiger partial charge < -0.3 is 0 Å². The van der Waals surface area contributed by atoms with E-state index in [0.29, 0.717) is 18.8 Å². The molecule has 0 aromatic rings. The van der Waals surface area contributed by atoms with Crippen molar-refractivity contribution in [3.05, 3.63) is 0 Å². The Morgan fingerprint density at radius 3 is 2.20 bits per heavy atom. The molecule has 0 aliphatic heterocycles. The lowest BCUT2D eigenvalue weighted by molar-refractivity contribution is 0.158. The van der Waals surface area contributed by atoms with Crippen molar-refractivity contribution in [3.8, 4) is 0 Å². The average molecular weight is 145 g/mol. The average Bonchev–Trinajstić information content (AvgIpc) is 1.85. The molecule has 0 fully saturated rings. The molecule has 0 rings (SSSR count). The molecule has 0 radical (unpaired) electrons. The molecule has 0 heterocycles. The first kappa shape index (κ1) is 9.93. The quantitative estimate of drug-likeness (QED) is 0.567. The third kappa shape index (κ3) is 4.78. The van der Waals surface area contributed by atoms with E-state index in [0.717, 1.165) is 6.42 Å². The topological polar surface area (TPSA) is 0 Å². The smallest absolute Gasteiger partial charge is 0.108 e. The Balaban J connectivity index is 3.46. The molecule has 0 nitrogen and oxygen atoms in total. The number of alkyl halides is 1. The molecule has 1 atom stereocenters. The van der Waals surface area contributed by atoms with Gasteiger partial charge in [-0.05, 0) is 32.1 Å². The molecular weight excluding hydrogens is 126 g/mol. The molecule has 0 saturated carbocycles. The van der Waals surface area contributed by atoms with Crippen LogP contribution in [0.3, 0.4) is 0 Å². The summed E-state index contributed by atoms with van der Waals surface area (Å²) in [6.07, 6.45) is 2.35. The van der Waals surface area contributed by atoms with Crippen LogP contribution in [0.2, 0.25) is 0 Å². The molecule has 0 amide bonds. The van der Waals surface area contributed by atoms with Gasteiger partial charge in [-0.25, -0.2) is 4.39 Å². The van der Waals surface area contributed by atoms with Crippen molar-refractivity contribution >= 4 is 0 Å². The van der Waals surface area contributed by atoms with E-state index in [2.05, 4.69) is 13.8 Å². The van der Waals surface area contributed by atoms with Crippen LogP contribution >= 0.6 is 0 Å². The number of hydrogen-bond donors (Lipinski definition) is 0. The van der Waals surface area contributed by atoms with Gasteiger partial charge in [0.1, 0.15) is 5.67 Å². The summed E-state index contributed by atoms with van der Waals surface area (Å²) < 4.78 is 13.2. The zero-order valence-corrected chi connectivity index (χ0v) is 7.58. The van der Waals surface area contributed by atoms with Crippen LogP contribution < -0.4 is 0 Å². The van der Waals surface area contributed by atoms with Crippen LogP contribution in [0.25, 0.3) is 0 Å². The predicted molar refractivity (Wildman–Crippen MR) is 43.9 cm³/mol. The van der Waals surface area contributed by atoms with Gasteiger partial charge in [0.2, 0.25) is 0 Å². The largest absolute Gasteiger partial charge is 0.244 e. The lowest BCUT2D eigenvalue weighted by Gasteiger charge is -2.18. The van der Waals surface area contributed by atoms with Gasteiger partial charge in [-0.3, -0.25) is 0 Å². The Morgan fingerprint density at radius 1 is 1.40 bits per heavy atom. The van der Waals surface area contributed by atoms with E-state index in [4.69, 9.17) is 0 Å². The monoisotopic (exact) mass is 145 g/mol. The highest BCUT2D eigenvalue weighted by molar-refractivity contribution is 4.70. The Morgan fingerprint density at radius 2 is 1.90 bits per heavy atom. The molecule has 0 N–H and O–H groups in total. The first-order valence-corrected chi connectivity index (χ1v) is 4.17. The first-order valence-electron chi connectivity index (χ1n) is 4.17. The Bertz CT molecular complexity index is 84.7. The highest BCUT2D eigenvalue weighted by Gasteiger charge is 2.19. The van der Waals surface area contributed by atoms with Crippen molar-refractivity contribution < 1.29 is 4.39 Å². The molecule has 62 valence electrons. The van der Waals surface area contributed by atoms with E-state index in [1.165, 1.54) is 0 Å². The summed E-state index contributed by atoms with van der Waals surface area (Å²) in [7, 11) is 0. The highest BCUT2D eigenvalue weighted by Crippen LogP contribution is 2.23.